The number of rotatable bonds is 8. The Morgan fingerprint density at radius 3 is 2.36 bits per heavy atom. The molecular weight excluding hydrogens is 270 g/mol. The molecule has 0 unspecified atom stereocenters. The van der Waals surface area contributed by atoms with Crippen LogP contribution in [0.4, 0.5) is 0 Å². The lowest BCUT2D eigenvalue weighted by atomic mass is 10.1. The summed E-state index contributed by atoms with van der Waals surface area (Å²) in [4.78, 5) is 0. The first-order chi connectivity index (χ1) is 10.6. The Bertz CT molecular complexity index is 551. The Balaban J connectivity index is 1.77. The Morgan fingerprint density at radius 1 is 0.909 bits per heavy atom. The zero-order chi connectivity index (χ0) is 15.8. The first kappa shape index (κ1) is 16.6. The second-order valence-corrected chi connectivity index (χ2v) is 6.12. The van der Waals surface area contributed by atoms with Crippen LogP contribution in [0.5, 0.6) is 5.75 Å². The molecule has 0 fully saturated rings. The highest BCUT2D eigenvalue weighted by Gasteiger charge is 2.04. The Hall–Kier alpha value is -1.80. The molecule has 1 N–H and O–H groups in total. The van der Waals surface area contributed by atoms with Gasteiger partial charge in [-0.25, -0.2) is 0 Å². The highest BCUT2D eigenvalue weighted by Crippen LogP contribution is 2.15. The van der Waals surface area contributed by atoms with Gasteiger partial charge in [-0.2, -0.15) is 0 Å². The molecule has 1 atom stereocenters. The van der Waals surface area contributed by atoms with Gasteiger partial charge in [-0.3, -0.25) is 0 Å². The summed E-state index contributed by atoms with van der Waals surface area (Å²) in [5.74, 6) is 0.950. The molecule has 0 spiro atoms. The van der Waals surface area contributed by atoms with Crippen molar-refractivity contribution in [3.63, 3.8) is 0 Å². The third-order valence-electron chi connectivity index (χ3n) is 3.63. The summed E-state index contributed by atoms with van der Waals surface area (Å²) in [6, 6.07) is 19.5. The molecule has 22 heavy (non-hydrogen) atoms. The summed E-state index contributed by atoms with van der Waals surface area (Å²) < 4.78 is 5.74. The maximum absolute atomic E-state index is 5.74. The van der Waals surface area contributed by atoms with E-state index in [0.29, 0.717) is 6.04 Å². The third-order valence-corrected chi connectivity index (χ3v) is 3.63. The predicted octanol–water partition coefficient (Wildman–Crippen LogP) is 4.58. The molecule has 2 nitrogen and oxygen atoms in total. The van der Waals surface area contributed by atoms with Crippen molar-refractivity contribution >= 4 is 0 Å². The van der Waals surface area contributed by atoms with Gasteiger partial charge < -0.3 is 10.1 Å². The molecule has 0 amide bonds. The van der Waals surface area contributed by atoms with Crippen LogP contribution in [0.2, 0.25) is 0 Å². The molecule has 0 aromatic heterocycles. The van der Waals surface area contributed by atoms with Crippen LogP contribution in [0.1, 0.15) is 38.3 Å². The summed E-state index contributed by atoms with van der Waals surface area (Å²) in [6.45, 7) is 7.23. The Labute approximate surface area is 134 Å². The van der Waals surface area contributed by atoms with E-state index in [9.17, 15) is 0 Å². The van der Waals surface area contributed by atoms with E-state index in [1.807, 2.05) is 6.07 Å². The fourth-order valence-corrected chi connectivity index (χ4v) is 2.42. The third kappa shape index (κ3) is 5.90. The quantitative estimate of drug-likeness (QED) is 0.770. The van der Waals surface area contributed by atoms with E-state index >= 15 is 0 Å². The largest absolute Gasteiger partial charge is 0.491 e. The zero-order valence-electron chi connectivity index (χ0n) is 13.9. The van der Waals surface area contributed by atoms with Crippen molar-refractivity contribution in [3.8, 4) is 5.75 Å². The monoisotopic (exact) mass is 297 g/mol. The van der Waals surface area contributed by atoms with Crippen LogP contribution in [0.25, 0.3) is 0 Å². The lowest BCUT2D eigenvalue weighted by Gasteiger charge is -2.15. The molecule has 0 radical (unpaired) electrons. The van der Waals surface area contributed by atoms with E-state index in [0.717, 1.165) is 25.1 Å². The molecule has 2 rings (SSSR count). The van der Waals surface area contributed by atoms with Gasteiger partial charge in [-0.05, 0) is 56.9 Å². The van der Waals surface area contributed by atoms with Gasteiger partial charge in [0, 0.05) is 12.6 Å². The summed E-state index contributed by atoms with van der Waals surface area (Å²) in [5.41, 5.74) is 2.67. The molecular formula is C20H27NO. The summed E-state index contributed by atoms with van der Waals surface area (Å²) in [6.07, 6.45) is 2.48. The molecule has 0 aliphatic heterocycles. The van der Waals surface area contributed by atoms with Crippen LogP contribution >= 0.6 is 0 Å². The van der Waals surface area contributed by atoms with Crippen molar-refractivity contribution in [2.75, 3.05) is 0 Å². The van der Waals surface area contributed by atoms with Gasteiger partial charge in [-0.1, -0.05) is 42.5 Å². The average Bonchev–Trinajstić information content (AvgIpc) is 2.52. The SMILES string of the molecule is CC(C)Oc1cccc(CN[C@H](C)CCc2ccccc2)c1. The van der Waals surface area contributed by atoms with Crippen molar-refractivity contribution in [2.24, 2.45) is 0 Å². The van der Waals surface area contributed by atoms with Gasteiger partial charge in [0.2, 0.25) is 0 Å². The van der Waals surface area contributed by atoms with Crippen LogP contribution < -0.4 is 10.1 Å². The second kappa shape index (κ2) is 8.60. The molecule has 0 saturated carbocycles. The van der Waals surface area contributed by atoms with E-state index in [1.54, 1.807) is 0 Å². The average molecular weight is 297 g/mol. The standard InChI is InChI=1S/C20H27NO/c1-16(2)22-20-11-7-10-19(14-20)15-21-17(3)12-13-18-8-5-4-6-9-18/h4-11,14,16-17,21H,12-13,15H2,1-3H3/t17-/m1/s1. The number of benzene rings is 2. The zero-order valence-corrected chi connectivity index (χ0v) is 13.9. The normalized spacial score (nSPS) is 12.4. The highest BCUT2D eigenvalue weighted by atomic mass is 16.5. The lowest BCUT2D eigenvalue weighted by molar-refractivity contribution is 0.242. The van der Waals surface area contributed by atoms with Crippen LogP contribution in [0.3, 0.4) is 0 Å². The van der Waals surface area contributed by atoms with E-state index in [-0.39, 0.29) is 6.10 Å². The molecule has 118 valence electrons. The topological polar surface area (TPSA) is 21.3 Å². The van der Waals surface area contributed by atoms with E-state index in [1.165, 1.54) is 11.1 Å². The van der Waals surface area contributed by atoms with E-state index in [2.05, 4.69) is 74.6 Å². The maximum atomic E-state index is 5.74. The highest BCUT2D eigenvalue weighted by molar-refractivity contribution is 5.28. The first-order valence-corrected chi connectivity index (χ1v) is 8.16. The number of nitrogens with one attached hydrogen (secondary N) is 1. The first-order valence-electron chi connectivity index (χ1n) is 8.16. The minimum atomic E-state index is 0.216. The molecule has 2 aromatic rings. The fourth-order valence-electron chi connectivity index (χ4n) is 2.42. The minimum absolute atomic E-state index is 0.216. The number of hydrogen-bond acceptors (Lipinski definition) is 2. The Kier molecular flexibility index (Phi) is 6.47. The molecule has 2 heteroatoms. The van der Waals surface area contributed by atoms with Crippen molar-refractivity contribution in [1.82, 2.24) is 5.32 Å². The summed E-state index contributed by atoms with van der Waals surface area (Å²) >= 11 is 0. The molecule has 0 saturated heterocycles. The molecule has 2 aromatic carbocycles. The van der Waals surface area contributed by atoms with Gasteiger partial charge in [-0.15, -0.1) is 0 Å². The van der Waals surface area contributed by atoms with Crippen LogP contribution in [-0.4, -0.2) is 12.1 Å². The number of ether oxygens (including phenoxy) is 1. The van der Waals surface area contributed by atoms with Crippen molar-refractivity contribution in [1.29, 1.82) is 0 Å². The number of aryl methyl sites for hydroxylation is 1. The van der Waals surface area contributed by atoms with Crippen molar-refractivity contribution in [3.05, 3.63) is 65.7 Å². The molecule has 0 heterocycles. The minimum Gasteiger partial charge on any atom is -0.491 e. The maximum Gasteiger partial charge on any atom is 0.120 e. The van der Waals surface area contributed by atoms with Crippen molar-refractivity contribution in [2.45, 2.75) is 52.3 Å². The van der Waals surface area contributed by atoms with Crippen LogP contribution in [-0.2, 0) is 13.0 Å². The van der Waals surface area contributed by atoms with Crippen LogP contribution in [0.15, 0.2) is 54.6 Å². The Morgan fingerprint density at radius 2 is 1.64 bits per heavy atom. The molecule has 0 bridgehead atoms. The molecule has 0 aliphatic carbocycles. The van der Waals surface area contributed by atoms with E-state index in [4.69, 9.17) is 4.74 Å². The summed E-state index contributed by atoms with van der Waals surface area (Å²) in [5, 5.41) is 3.59. The van der Waals surface area contributed by atoms with E-state index < -0.39 is 0 Å². The van der Waals surface area contributed by atoms with Crippen LogP contribution in [0, 0.1) is 0 Å². The van der Waals surface area contributed by atoms with Crippen molar-refractivity contribution < 1.29 is 4.74 Å². The van der Waals surface area contributed by atoms with Gasteiger partial charge in [0.25, 0.3) is 0 Å². The fraction of sp³-hybridized carbons (Fsp3) is 0.400. The summed E-state index contributed by atoms with van der Waals surface area (Å²) in [7, 11) is 0. The smallest absolute Gasteiger partial charge is 0.120 e. The van der Waals surface area contributed by atoms with Gasteiger partial charge in [0.1, 0.15) is 5.75 Å². The van der Waals surface area contributed by atoms with Gasteiger partial charge in [0.15, 0.2) is 0 Å². The lowest BCUT2D eigenvalue weighted by Crippen LogP contribution is -2.26. The van der Waals surface area contributed by atoms with Gasteiger partial charge >= 0.3 is 0 Å². The molecule has 0 aliphatic rings. The predicted molar refractivity (Wildman–Crippen MR) is 93.3 cm³/mol. The number of hydrogen-bond donors (Lipinski definition) is 1. The second-order valence-electron chi connectivity index (χ2n) is 6.12. The van der Waals surface area contributed by atoms with Gasteiger partial charge in [0.05, 0.1) is 6.10 Å².